The first kappa shape index (κ1) is 25.1. The molecule has 0 spiro atoms. The lowest BCUT2D eigenvalue weighted by atomic mass is 9.94. The van der Waals surface area contributed by atoms with Crippen molar-refractivity contribution in [3.05, 3.63) is 59.7 Å². The summed E-state index contributed by atoms with van der Waals surface area (Å²) in [6.45, 7) is 2.96. The van der Waals surface area contributed by atoms with Crippen LogP contribution in [0, 0.1) is 11.3 Å². The van der Waals surface area contributed by atoms with E-state index < -0.39 is 0 Å². The molecule has 0 aromatic heterocycles. The van der Waals surface area contributed by atoms with Gasteiger partial charge in [-0.3, -0.25) is 9.59 Å². The summed E-state index contributed by atoms with van der Waals surface area (Å²) in [7, 11) is 1.92. The molecule has 0 radical (unpaired) electrons. The lowest BCUT2D eigenvalue weighted by Gasteiger charge is -2.31. The Labute approximate surface area is 212 Å². The van der Waals surface area contributed by atoms with Crippen LogP contribution < -0.4 is 4.90 Å². The topological polar surface area (TPSA) is 67.7 Å². The highest BCUT2D eigenvalue weighted by molar-refractivity contribution is 8.00. The molecule has 1 aliphatic carbocycles. The van der Waals surface area contributed by atoms with Crippen LogP contribution in [0.25, 0.3) is 0 Å². The van der Waals surface area contributed by atoms with E-state index in [0.29, 0.717) is 36.0 Å². The van der Waals surface area contributed by atoms with Crippen LogP contribution in [0.3, 0.4) is 0 Å². The molecule has 2 aromatic carbocycles. The fourth-order valence-corrected chi connectivity index (χ4v) is 5.95. The van der Waals surface area contributed by atoms with Crippen LogP contribution in [0.15, 0.2) is 53.4 Å². The number of thioether (sulfide) groups is 1. The summed E-state index contributed by atoms with van der Waals surface area (Å²) in [5.74, 6) is 0.517. The summed E-state index contributed by atoms with van der Waals surface area (Å²) in [5, 5.41) is 9.04. The van der Waals surface area contributed by atoms with Gasteiger partial charge in [-0.05, 0) is 55.7 Å². The van der Waals surface area contributed by atoms with Gasteiger partial charge in [0.15, 0.2) is 0 Å². The first-order chi connectivity index (χ1) is 17.1. The van der Waals surface area contributed by atoms with E-state index >= 15 is 0 Å². The molecule has 6 nitrogen and oxygen atoms in total. The van der Waals surface area contributed by atoms with Crippen molar-refractivity contribution in [3.63, 3.8) is 0 Å². The Kier molecular flexibility index (Phi) is 8.70. The minimum Gasteiger partial charge on any atom is -0.370 e. The Morgan fingerprint density at radius 2 is 1.71 bits per heavy atom. The summed E-state index contributed by atoms with van der Waals surface area (Å²) < 4.78 is 0. The molecular formula is C28H34N4O2S. The zero-order chi connectivity index (χ0) is 24.6. The van der Waals surface area contributed by atoms with Gasteiger partial charge in [-0.1, -0.05) is 31.4 Å². The zero-order valence-corrected chi connectivity index (χ0v) is 21.3. The number of amides is 2. The van der Waals surface area contributed by atoms with Gasteiger partial charge in [0.05, 0.1) is 22.9 Å². The van der Waals surface area contributed by atoms with Gasteiger partial charge in [-0.2, -0.15) is 5.26 Å². The van der Waals surface area contributed by atoms with Crippen molar-refractivity contribution in [2.24, 2.45) is 0 Å². The molecule has 1 heterocycles. The minimum atomic E-state index is 0.0304. The van der Waals surface area contributed by atoms with Crippen molar-refractivity contribution in [2.45, 2.75) is 49.5 Å². The van der Waals surface area contributed by atoms with Crippen LogP contribution in [0.4, 0.5) is 5.69 Å². The Hall–Kier alpha value is -2.98. The van der Waals surface area contributed by atoms with Gasteiger partial charge in [-0.15, -0.1) is 11.8 Å². The van der Waals surface area contributed by atoms with Crippen LogP contribution in [-0.2, 0) is 4.79 Å². The smallest absolute Gasteiger partial charge is 0.255 e. The number of carbonyl (C=O) groups excluding carboxylic acids is 2. The third-order valence-corrected chi connectivity index (χ3v) is 8.19. The van der Waals surface area contributed by atoms with Gasteiger partial charge in [0, 0.05) is 49.9 Å². The highest BCUT2D eigenvalue weighted by Crippen LogP contribution is 2.27. The first-order valence-corrected chi connectivity index (χ1v) is 13.6. The molecule has 1 saturated heterocycles. The molecule has 2 aliphatic rings. The Balaban J connectivity index is 1.37. The lowest BCUT2D eigenvalue weighted by Crippen LogP contribution is -2.39. The number of anilines is 1. The van der Waals surface area contributed by atoms with Crippen LogP contribution in [0.1, 0.15) is 54.4 Å². The standard InChI is InChI=1S/C28H34N4O2S/c1-30(23-8-3-2-4-9-23)27(33)21-35-26-11-6-5-10-25(26)28(34)32-17-7-16-31(18-19-32)24-14-12-22(20-29)13-15-24/h5-6,10-15,23H,2-4,7-9,16-19,21H2,1H3. The number of benzene rings is 2. The van der Waals surface area contributed by atoms with E-state index in [-0.39, 0.29) is 11.8 Å². The SMILES string of the molecule is CN(C(=O)CSc1ccccc1C(=O)N1CCCN(c2ccc(C#N)cc2)CC1)C1CCCCC1. The number of nitrogens with zero attached hydrogens (tertiary/aromatic N) is 4. The van der Waals surface area contributed by atoms with E-state index in [1.54, 1.807) is 0 Å². The van der Waals surface area contributed by atoms with E-state index in [1.165, 1.54) is 31.0 Å². The van der Waals surface area contributed by atoms with Crippen LogP contribution >= 0.6 is 11.8 Å². The molecule has 2 amide bonds. The second-order valence-electron chi connectivity index (χ2n) is 9.37. The van der Waals surface area contributed by atoms with E-state index in [2.05, 4.69) is 11.0 Å². The summed E-state index contributed by atoms with van der Waals surface area (Å²) in [4.78, 5) is 33.3. The number of carbonyl (C=O) groups is 2. The number of hydrogen-bond donors (Lipinski definition) is 0. The highest BCUT2D eigenvalue weighted by atomic mass is 32.2. The maximum absolute atomic E-state index is 13.5. The van der Waals surface area contributed by atoms with Crippen LogP contribution in [0.5, 0.6) is 0 Å². The predicted octanol–water partition coefficient (Wildman–Crippen LogP) is 4.79. The Bertz CT molecular complexity index is 1060. The largest absolute Gasteiger partial charge is 0.370 e. The number of rotatable bonds is 6. The Morgan fingerprint density at radius 1 is 0.971 bits per heavy atom. The first-order valence-electron chi connectivity index (χ1n) is 12.6. The molecule has 0 N–H and O–H groups in total. The van der Waals surface area contributed by atoms with Crippen molar-refractivity contribution in [3.8, 4) is 6.07 Å². The summed E-state index contributed by atoms with van der Waals surface area (Å²) >= 11 is 1.47. The molecule has 2 fully saturated rings. The number of hydrogen-bond acceptors (Lipinski definition) is 5. The van der Waals surface area contributed by atoms with Crippen LogP contribution in [-0.4, -0.2) is 66.6 Å². The van der Waals surface area contributed by atoms with Crippen molar-refractivity contribution in [1.29, 1.82) is 5.26 Å². The van der Waals surface area contributed by atoms with Gasteiger partial charge in [0.25, 0.3) is 5.91 Å². The second kappa shape index (κ2) is 12.1. The molecule has 35 heavy (non-hydrogen) atoms. The second-order valence-corrected chi connectivity index (χ2v) is 10.4. The quantitative estimate of drug-likeness (QED) is 0.545. The van der Waals surface area contributed by atoms with E-state index in [4.69, 9.17) is 5.26 Å². The van der Waals surface area contributed by atoms with Crippen molar-refractivity contribution < 1.29 is 9.59 Å². The molecule has 1 saturated carbocycles. The fourth-order valence-electron chi connectivity index (χ4n) is 4.98. The maximum atomic E-state index is 13.5. The molecule has 4 rings (SSSR count). The summed E-state index contributed by atoms with van der Waals surface area (Å²) in [5.41, 5.74) is 2.41. The van der Waals surface area contributed by atoms with Gasteiger partial charge in [0.2, 0.25) is 5.91 Å². The van der Waals surface area contributed by atoms with Crippen molar-refractivity contribution in [2.75, 3.05) is 43.9 Å². The van der Waals surface area contributed by atoms with Gasteiger partial charge < -0.3 is 14.7 Å². The third kappa shape index (κ3) is 6.37. The van der Waals surface area contributed by atoms with Crippen molar-refractivity contribution in [1.82, 2.24) is 9.80 Å². The zero-order valence-electron chi connectivity index (χ0n) is 20.5. The predicted molar refractivity (Wildman–Crippen MR) is 141 cm³/mol. The highest BCUT2D eigenvalue weighted by Gasteiger charge is 2.25. The van der Waals surface area contributed by atoms with E-state index in [9.17, 15) is 9.59 Å². The van der Waals surface area contributed by atoms with E-state index in [0.717, 1.165) is 42.9 Å². The molecule has 0 bridgehead atoms. The van der Waals surface area contributed by atoms with Gasteiger partial charge in [0.1, 0.15) is 0 Å². The molecule has 0 unspecified atom stereocenters. The molecule has 1 aliphatic heterocycles. The van der Waals surface area contributed by atoms with E-state index in [1.807, 2.05) is 65.4 Å². The normalized spacial score (nSPS) is 16.9. The van der Waals surface area contributed by atoms with Gasteiger partial charge >= 0.3 is 0 Å². The Morgan fingerprint density at radius 3 is 2.46 bits per heavy atom. The third-order valence-electron chi connectivity index (χ3n) is 7.13. The lowest BCUT2D eigenvalue weighted by molar-refractivity contribution is -0.129. The molecular weight excluding hydrogens is 456 g/mol. The monoisotopic (exact) mass is 490 g/mol. The molecule has 7 heteroatoms. The minimum absolute atomic E-state index is 0.0304. The average molecular weight is 491 g/mol. The number of nitriles is 1. The molecule has 2 aromatic rings. The molecule has 0 atom stereocenters. The summed E-state index contributed by atoms with van der Waals surface area (Å²) in [6, 6.07) is 17.8. The van der Waals surface area contributed by atoms with Crippen molar-refractivity contribution >= 4 is 29.3 Å². The summed E-state index contributed by atoms with van der Waals surface area (Å²) in [6.07, 6.45) is 6.74. The van der Waals surface area contributed by atoms with Crippen LogP contribution in [0.2, 0.25) is 0 Å². The molecule has 184 valence electrons. The average Bonchev–Trinajstić information content (AvgIpc) is 3.18. The van der Waals surface area contributed by atoms with Gasteiger partial charge in [-0.25, -0.2) is 0 Å². The fraction of sp³-hybridized carbons (Fsp3) is 0.464. The maximum Gasteiger partial charge on any atom is 0.255 e.